The normalized spacial score (nSPS) is 16.3. The van der Waals surface area contributed by atoms with E-state index in [0.717, 1.165) is 10.7 Å². The zero-order valence-corrected chi connectivity index (χ0v) is 9.64. The van der Waals surface area contributed by atoms with E-state index < -0.39 is 0 Å². The molecule has 1 saturated carbocycles. The summed E-state index contributed by atoms with van der Waals surface area (Å²) in [4.78, 5) is 2.14. The lowest BCUT2D eigenvalue weighted by atomic mass is 10.4. The molecule has 5 heteroatoms. The molecule has 0 aromatic carbocycles. The minimum atomic E-state index is 0.442. The van der Waals surface area contributed by atoms with Gasteiger partial charge in [-0.15, -0.1) is 5.10 Å². The van der Waals surface area contributed by atoms with Crippen LogP contribution >= 0.6 is 12.2 Å². The third-order valence-corrected chi connectivity index (χ3v) is 2.98. The second kappa shape index (κ2) is 3.38. The van der Waals surface area contributed by atoms with Crippen molar-refractivity contribution >= 4 is 18.2 Å². The zero-order chi connectivity index (χ0) is 10.3. The number of hydrogen-bond acceptors (Lipinski definition) is 3. The molecule has 14 heavy (non-hydrogen) atoms. The molecule has 1 N–H and O–H groups in total. The maximum atomic E-state index is 5.21. The van der Waals surface area contributed by atoms with Gasteiger partial charge < -0.3 is 4.90 Å². The first-order valence-electron chi connectivity index (χ1n) is 5.01. The topological polar surface area (TPSA) is 36.9 Å². The Labute approximate surface area is 88.9 Å². The van der Waals surface area contributed by atoms with Gasteiger partial charge in [-0.05, 0) is 38.9 Å². The van der Waals surface area contributed by atoms with E-state index in [1.54, 1.807) is 0 Å². The Kier molecular flexibility index (Phi) is 2.34. The second-order valence-electron chi connectivity index (χ2n) is 4.13. The molecule has 78 valence electrons. The summed E-state index contributed by atoms with van der Waals surface area (Å²) >= 11 is 5.21. The van der Waals surface area contributed by atoms with Gasteiger partial charge in [-0.1, -0.05) is 0 Å². The number of anilines is 1. The van der Waals surface area contributed by atoms with Crippen LogP contribution in [0.1, 0.15) is 32.7 Å². The van der Waals surface area contributed by atoms with Crippen molar-refractivity contribution in [3.63, 3.8) is 0 Å². The van der Waals surface area contributed by atoms with Gasteiger partial charge in [0.1, 0.15) is 0 Å². The van der Waals surface area contributed by atoms with Crippen molar-refractivity contribution < 1.29 is 0 Å². The Morgan fingerprint density at radius 3 is 2.71 bits per heavy atom. The largest absolute Gasteiger partial charge is 0.342 e. The molecular formula is C9H16N4S. The summed E-state index contributed by atoms with van der Waals surface area (Å²) in [7, 11) is 2.05. The van der Waals surface area contributed by atoms with Crippen molar-refractivity contribution in [3.05, 3.63) is 4.77 Å². The minimum absolute atomic E-state index is 0.442. The molecule has 0 unspecified atom stereocenters. The summed E-state index contributed by atoms with van der Waals surface area (Å²) in [5.41, 5.74) is 0. The van der Waals surface area contributed by atoms with Crippen LogP contribution in [0.25, 0.3) is 0 Å². The fraction of sp³-hybridized carbons (Fsp3) is 0.778. The fourth-order valence-electron chi connectivity index (χ4n) is 1.44. The second-order valence-corrected chi connectivity index (χ2v) is 4.52. The first-order chi connectivity index (χ1) is 6.61. The molecule has 1 fully saturated rings. The van der Waals surface area contributed by atoms with Crippen molar-refractivity contribution in [3.8, 4) is 0 Å². The van der Waals surface area contributed by atoms with Gasteiger partial charge in [-0.25, -0.2) is 5.10 Å². The van der Waals surface area contributed by atoms with Gasteiger partial charge in [0.05, 0.1) is 0 Å². The van der Waals surface area contributed by atoms with Crippen LogP contribution in [0.3, 0.4) is 0 Å². The predicted octanol–water partition coefficient (Wildman–Crippen LogP) is 2.12. The summed E-state index contributed by atoms with van der Waals surface area (Å²) in [6, 6.07) is 1.02. The maximum absolute atomic E-state index is 5.21. The van der Waals surface area contributed by atoms with Crippen molar-refractivity contribution in [2.24, 2.45) is 0 Å². The lowest BCUT2D eigenvalue weighted by molar-refractivity contribution is 0.662. The summed E-state index contributed by atoms with van der Waals surface area (Å²) < 4.78 is 2.88. The van der Waals surface area contributed by atoms with Crippen molar-refractivity contribution in [2.75, 3.05) is 11.9 Å². The number of hydrogen-bond donors (Lipinski definition) is 1. The van der Waals surface area contributed by atoms with E-state index >= 15 is 0 Å². The van der Waals surface area contributed by atoms with E-state index in [1.165, 1.54) is 12.8 Å². The molecule has 0 amide bonds. The van der Waals surface area contributed by atoms with Crippen molar-refractivity contribution in [1.82, 2.24) is 14.8 Å². The summed E-state index contributed by atoms with van der Waals surface area (Å²) in [5.74, 6) is 0.965. The van der Waals surface area contributed by atoms with Crippen LogP contribution in [0, 0.1) is 4.77 Å². The average molecular weight is 212 g/mol. The van der Waals surface area contributed by atoms with Crippen LogP contribution in [-0.2, 0) is 0 Å². The highest BCUT2D eigenvalue weighted by Gasteiger charge is 2.28. The number of rotatable bonds is 3. The fourth-order valence-corrected chi connectivity index (χ4v) is 1.71. The van der Waals surface area contributed by atoms with Gasteiger partial charge in [0, 0.05) is 19.1 Å². The molecule has 1 heterocycles. The van der Waals surface area contributed by atoms with Gasteiger partial charge in [0.15, 0.2) is 4.77 Å². The molecule has 2 rings (SSSR count). The average Bonchev–Trinajstić information content (AvgIpc) is 2.89. The standard InChI is InChI=1S/C9H16N4S/c1-6(2)12(3)8-10-11-9(14)13(8)7-4-5-7/h6-7H,4-5H2,1-3H3,(H,11,14). The minimum Gasteiger partial charge on any atom is -0.342 e. The van der Waals surface area contributed by atoms with Crippen LogP contribution in [0.2, 0.25) is 0 Å². The molecule has 1 aromatic heterocycles. The Bertz CT molecular complexity index is 374. The Hall–Kier alpha value is -0.840. The third-order valence-electron chi connectivity index (χ3n) is 2.69. The molecule has 0 bridgehead atoms. The number of nitrogens with one attached hydrogen (secondary N) is 1. The summed E-state index contributed by atoms with van der Waals surface area (Å²) in [5, 5.41) is 7.14. The van der Waals surface area contributed by atoms with E-state index in [-0.39, 0.29) is 0 Å². The zero-order valence-electron chi connectivity index (χ0n) is 8.82. The van der Waals surface area contributed by atoms with Gasteiger partial charge in [-0.3, -0.25) is 4.57 Å². The first kappa shape index (κ1) is 9.71. The van der Waals surface area contributed by atoms with E-state index in [9.17, 15) is 0 Å². The molecular weight excluding hydrogens is 196 g/mol. The molecule has 1 aliphatic carbocycles. The SMILES string of the molecule is CC(C)N(C)c1n[nH]c(=S)n1C1CC1. The van der Waals surface area contributed by atoms with E-state index in [0.29, 0.717) is 12.1 Å². The highest BCUT2D eigenvalue weighted by Crippen LogP contribution is 2.37. The van der Waals surface area contributed by atoms with E-state index in [1.807, 2.05) is 0 Å². The quantitative estimate of drug-likeness (QED) is 0.780. The van der Waals surface area contributed by atoms with Gasteiger partial charge in [0.25, 0.3) is 0 Å². The maximum Gasteiger partial charge on any atom is 0.225 e. The van der Waals surface area contributed by atoms with Crippen LogP contribution < -0.4 is 4.90 Å². The molecule has 0 radical (unpaired) electrons. The van der Waals surface area contributed by atoms with Crippen LogP contribution in [0.4, 0.5) is 5.95 Å². The van der Waals surface area contributed by atoms with Crippen LogP contribution in [0.15, 0.2) is 0 Å². The lowest BCUT2D eigenvalue weighted by Gasteiger charge is -2.22. The van der Waals surface area contributed by atoms with E-state index in [2.05, 4.69) is 40.6 Å². The Morgan fingerprint density at radius 1 is 1.57 bits per heavy atom. The molecule has 0 saturated heterocycles. The van der Waals surface area contributed by atoms with E-state index in [4.69, 9.17) is 12.2 Å². The predicted molar refractivity (Wildman–Crippen MR) is 59.2 cm³/mol. The Morgan fingerprint density at radius 2 is 2.21 bits per heavy atom. The highest BCUT2D eigenvalue weighted by molar-refractivity contribution is 7.71. The van der Waals surface area contributed by atoms with Gasteiger partial charge in [0.2, 0.25) is 5.95 Å². The summed E-state index contributed by atoms with van der Waals surface area (Å²) in [6.45, 7) is 4.30. The van der Waals surface area contributed by atoms with Gasteiger partial charge >= 0.3 is 0 Å². The molecule has 1 aromatic rings. The molecule has 0 atom stereocenters. The monoisotopic (exact) mass is 212 g/mol. The third kappa shape index (κ3) is 1.56. The van der Waals surface area contributed by atoms with Gasteiger partial charge in [-0.2, -0.15) is 0 Å². The number of aromatic nitrogens is 3. The molecule has 4 nitrogen and oxygen atoms in total. The van der Waals surface area contributed by atoms with Crippen molar-refractivity contribution in [1.29, 1.82) is 0 Å². The number of H-pyrrole nitrogens is 1. The lowest BCUT2D eigenvalue weighted by Crippen LogP contribution is -2.28. The highest BCUT2D eigenvalue weighted by atomic mass is 32.1. The first-order valence-corrected chi connectivity index (χ1v) is 5.42. The smallest absolute Gasteiger partial charge is 0.225 e. The van der Waals surface area contributed by atoms with Crippen LogP contribution in [0.5, 0.6) is 0 Å². The summed E-state index contributed by atoms with van der Waals surface area (Å²) in [6.07, 6.45) is 2.46. The number of aromatic amines is 1. The number of nitrogens with zero attached hydrogens (tertiary/aromatic N) is 3. The molecule has 1 aliphatic rings. The Balaban J connectivity index is 2.37. The molecule has 0 spiro atoms. The van der Waals surface area contributed by atoms with Crippen molar-refractivity contribution in [2.45, 2.75) is 38.8 Å². The van der Waals surface area contributed by atoms with Crippen LogP contribution in [-0.4, -0.2) is 27.9 Å². The molecule has 0 aliphatic heterocycles.